The highest BCUT2D eigenvalue weighted by Crippen LogP contribution is 2.30. The van der Waals surface area contributed by atoms with Crippen molar-refractivity contribution in [3.8, 4) is 11.5 Å². The molecule has 3 aromatic rings. The van der Waals surface area contributed by atoms with Crippen molar-refractivity contribution in [1.29, 1.82) is 0 Å². The number of oxazole rings is 1. The molecule has 0 aliphatic heterocycles. The van der Waals surface area contributed by atoms with Crippen LogP contribution in [0.4, 0.5) is 13.2 Å². The van der Waals surface area contributed by atoms with Crippen molar-refractivity contribution in [1.82, 2.24) is 10.3 Å². The molecule has 1 heterocycles. The van der Waals surface area contributed by atoms with Crippen LogP contribution in [0.5, 0.6) is 0 Å². The molecule has 2 aromatic carbocycles. The summed E-state index contributed by atoms with van der Waals surface area (Å²) in [5.74, 6) is -0.343. The molecule has 1 aromatic heterocycles. The van der Waals surface area contributed by atoms with Crippen LogP contribution in [-0.2, 0) is 12.7 Å². The van der Waals surface area contributed by atoms with Gasteiger partial charge in [-0.3, -0.25) is 4.79 Å². The lowest BCUT2D eigenvalue weighted by Crippen LogP contribution is -2.23. The highest BCUT2D eigenvalue weighted by atomic mass is 19.4. The van der Waals surface area contributed by atoms with Gasteiger partial charge in [-0.2, -0.15) is 13.2 Å². The Morgan fingerprint density at radius 2 is 1.72 bits per heavy atom. The average molecular weight is 346 g/mol. The van der Waals surface area contributed by atoms with Crippen molar-refractivity contribution in [2.45, 2.75) is 12.7 Å². The average Bonchev–Trinajstić information content (AvgIpc) is 3.10. The maximum absolute atomic E-state index is 12.6. The van der Waals surface area contributed by atoms with Gasteiger partial charge in [0.1, 0.15) is 6.26 Å². The minimum absolute atomic E-state index is 0.0610. The second-order valence-corrected chi connectivity index (χ2v) is 5.28. The van der Waals surface area contributed by atoms with Gasteiger partial charge in [-0.05, 0) is 29.8 Å². The Morgan fingerprint density at radius 3 is 2.36 bits per heavy atom. The van der Waals surface area contributed by atoms with Crippen molar-refractivity contribution < 1.29 is 22.4 Å². The van der Waals surface area contributed by atoms with Gasteiger partial charge in [0.2, 0.25) is 5.89 Å². The van der Waals surface area contributed by atoms with E-state index >= 15 is 0 Å². The summed E-state index contributed by atoms with van der Waals surface area (Å²) >= 11 is 0. The van der Waals surface area contributed by atoms with E-state index in [-0.39, 0.29) is 11.6 Å². The van der Waals surface area contributed by atoms with Crippen molar-refractivity contribution >= 4 is 5.91 Å². The van der Waals surface area contributed by atoms with Crippen LogP contribution in [0.25, 0.3) is 11.5 Å². The Hall–Kier alpha value is -3.09. The maximum atomic E-state index is 12.6. The zero-order valence-electron chi connectivity index (χ0n) is 12.9. The first kappa shape index (κ1) is 16.8. The van der Waals surface area contributed by atoms with Crippen molar-refractivity contribution in [3.63, 3.8) is 0 Å². The summed E-state index contributed by atoms with van der Waals surface area (Å²) < 4.78 is 42.9. The number of nitrogens with zero attached hydrogens (tertiary/aromatic N) is 1. The zero-order valence-corrected chi connectivity index (χ0v) is 12.9. The van der Waals surface area contributed by atoms with Crippen molar-refractivity contribution in [3.05, 3.63) is 77.7 Å². The fraction of sp³-hybridized carbons (Fsp3) is 0.111. The van der Waals surface area contributed by atoms with Crippen LogP contribution in [0, 0.1) is 0 Å². The Balaban J connectivity index is 1.68. The number of nitrogens with one attached hydrogen (secondary N) is 1. The molecular formula is C18H13F3N2O2. The van der Waals surface area contributed by atoms with E-state index in [1.165, 1.54) is 18.4 Å². The Kier molecular flexibility index (Phi) is 4.56. The molecule has 0 radical (unpaired) electrons. The van der Waals surface area contributed by atoms with Crippen LogP contribution in [0.2, 0.25) is 0 Å². The van der Waals surface area contributed by atoms with E-state index in [4.69, 9.17) is 4.42 Å². The zero-order chi connectivity index (χ0) is 17.9. The molecular weight excluding hydrogens is 333 g/mol. The molecule has 1 amide bonds. The van der Waals surface area contributed by atoms with Gasteiger partial charge in [-0.25, -0.2) is 4.98 Å². The molecule has 0 saturated heterocycles. The van der Waals surface area contributed by atoms with Gasteiger partial charge in [0.05, 0.1) is 5.56 Å². The van der Waals surface area contributed by atoms with Gasteiger partial charge in [0.25, 0.3) is 5.91 Å². The van der Waals surface area contributed by atoms with Crippen LogP contribution >= 0.6 is 0 Å². The third kappa shape index (κ3) is 4.06. The van der Waals surface area contributed by atoms with Gasteiger partial charge >= 0.3 is 6.18 Å². The minimum Gasteiger partial charge on any atom is -0.444 e. The van der Waals surface area contributed by atoms with Crippen LogP contribution in [0.1, 0.15) is 21.6 Å². The molecule has 0 aliphatic rings. The highest BCUT2D eigenvalue weighted by molar-refractivity contribution is 5.92. The summed E-state index contributed by atoms with van der Waals surface area (Å²) in [5.41, 5.74) is 0.590. The van der Waals surface area contributed by atoms with E-state index in [0.29, 0.717) is 12.1 Å². The SMILES string of the molecule is O=C(NCc1ccccc1)c1coc(-c2ccc(C(F)(F)F)cc2)n1. The molecule has 0 saturated carbocycles. The molecule has 25 heavy (non-hydrogen) atoms. The minimum atomic E-state index is -4.41. The number of aromatic nitrogens is 1. The van der Waals surface area contributed by atoms with E-state index in [2.05, 4.69) is 10.3 Å². The number of amides is 1. The number of hydrogen-bond donors (Lipinski definition) is 1. The first-order valence-electron chi connectivity index (χ1n) is 7.39. The Bertz CT molecular complexity index is 856. The molecule has 128 valence electrons. The number of benzene rings is 2. The maximum Gasteiger partial charge on any atom is 0.416 e. The van der Waals surface area contributed by atoms with Crippen LogP contribution < -0.4 is 5.32 Å². The molecule has 0 atom stereocenters. The summed E-state index contributed by atoms with van der Waals surface area (Å²) in [5, 5.41) is 2.70. The Morgan fingerprint density at radius 1 is 1.04 bits per heavy atom. The molecule has 0 unspecified atom stereocenters. The first-order valence-corrected chi connectivity index (χ1v) is 7.39. The summed E-state index contributed by atoms with van der Waals surface area (Å²) in [6.45, 7) is 0.335. The molecule has 0 spiro atoms. The Labute approximate surface area is 141 Å². The molecule has 0 aliphatic carbocycles. The van der Waals surface area contributed by atoms with Crippen LogP contribution in [0.15, 0.2) is 65.3 Å². The fourth-order valence-corrected chi connectivity index (χ4v) is 2.18. The summed E-state index contributed by atoms with van der Waals surface area (Å²) in [7, 11) is 0. The number of carbonyl (C=O) groups is 1. The van der Waals surface area contributed by atoms with E-state index in [0.717, 1.165) is 17.7 Å². The predicted octanol–water partition coefficient (Wildman–Crippen LogP) is 4.29. The van der Waals surface area contributed by atoms with Gasteiger partial charge < -0.3 is 9.73 Å². The topological polar surface area (TPSA) is 55.1 Å². The van der Waals surface area contributed by atoms with Gasteiger partial charge in [0.15, 0.2) is 5.69 Å². The van der Waals surface area contributed by atoms with Crippen LogP contribution in [0.3, 0.4) is 0 Å². The standard InChI is InChI=1S/C18H13F3N2O2/c19-18(20,21)14-8-6-13(7-9-14)17-23-15(11-25-17)16(24)22-10-12-4-2-1-3-5-12/h1-9,11H,10H2,(H,22,24). The lowest BCUT2D eigenvalue weighted by Gasteiger charge is -2.06. The second-order valence-electron chi connectivity index (χ2n) is 5.28. The predicted molar refractivity (Wildman–Crippen MR) is 84.6 cm³/mol. The summed E-state index contributed by atoms with van der Waals surface area (Å²) in [6, 6.07) is 13.7. The number of carbonyl (C=O) groups excluding carboxylic acids is 1. The number of halogens is 3. The quantitative estimate of drug-likeness (QED) is 0.767. The van der Waals surface area contributed by atoms with Crippen molar-refractivity contribution in [2.75, 3.05) is 0 Å². The third-order valence-corrected chi connectivity index (χ3v) is 3.49. The summed E-state index contributed by atoms with van der Waals surface area (Å²) in [4.78, 5) is 16.1. The molecule has 4 nitrogen and oxygen atoms in total. The van der Waals surface area contributed by atoms with E-state index in [1.807, 2.05) is 30.3 Å². The van der Waals surface area contributed by atoms with E-state index in [1.54, 1.807) is 0 Å². The molecule has 0 fully saturated rings. The van der Waals surface area contributed by atoms with Gasteiger partial charge in [-0.15, -0.1) is 0 Å². The van der Waals surface area contributed by atoms with Crippen molar-refractivity contribution in [2.24, 2.45) is 0 Å². The first-order chi connectivity index (χ1) is 11.9. The van der Waals surface area contributed by atoms with E-state index < -0.39 is 17.6 Å². The van der Waals surface area contributed by atoms with Gasteiger partial charge in [0, 0.05) is 12.1 Å². The lowest BCUT2D eigenvalue weighted by atomic mass is 10.1. The molecule has 1 N–H and O–H groups in total. The normalized spacial score (nSPS) is 11.3. The molecule has 7 heteroatoms. The fourth-order valence-electron chi connectivity index (χ4n) is 2.18. The van der Waals surface area contributed by atoms with Gasteiger partial charge in [-0.1, -0.05) is 30.3 Å². The number of hydrogen-bond acceptors (Lipinski definition) is 3. The summed E-state index contributed by atoms with van der Waals surface area (Å²) in [6.07, 6.45) is -3.23. The number of alkyl halides is 3. The smallest absolute Gasteiger partial charge is 0.416 e. The second kappa shape index (κ2) is 6.80. The monoisotopic (exact) mass is 346 g/mol. The third-order valence-electron chi connectivity index (χ3n) is 3.49. The largest absolute Gasteiger partial charge is 0.444 e. The lowest BCUT2D eigenvalue weighted by molar-refractivity contribution is -0.137. The van der Waals surface area contributed by atoms with E-state index in [9.17, 15) is 18.0 Å². The highest BCUT2D eigenvalue weighted by Gasteiger charge is 2.30. The van der Waals surface area contributed by atoms with Crippen LogP contribution in [-0.4, -0.2) is 10.9 Å². The molecule has 0 bridgehead atoms. The number of rotatable bonds is 4. The molecule has 3 rings (SSSR count).